The number of rotatable bonds is 4. The number of aryl methyl sites for hydroxylation is 1. The lowest BCUT2D eigenvalue weighted by atomic mass is 9.73. The van der Waals surface area contributed by atoms with Gasteiger partial charge in [-0.25, -0.2) is 4.98 Å². The molecule has 1 saturated carbocycles. The van der Waals surface area contributed by atoms with Crippen molar-refractivity contribution in [3.63, 3.8) is 0 Å². The second-order valence-corrected chi connectivity index (χ2v) is 8.81. The molecule has 0 aromatic carbocycles. The summed E-state index contributed by atoms with van der Waals surface area (Å²) < 4.78 is 0. The van der Waals surface area contributed by atoms with E-state index < -0.39 is 0 Å². The van der Waals surface area contributed by atoms with Crippen LogP contribution < -0.4 is 5.32 Å². The molecule has 1 aromatic heterocycles. The molecule has 1 aromatic rings. The number of nitrogens with zero attached hydrogens (tertiary/aromatic N) is 1. The molecule has 0 bridgehead atoms. The largest absolute Gasteiger partial charge is 0.309 e. The monoisotopic (exact) mass is 306 g/mol. The molecule has 21 heavy (non-hydrogen) atoms. The number of fused-ring (bicyclic) bond motifs is 1. The van der Waals surface area contributed by atoms with Gasteiger partial charge in [0.25, 0.3) is 0 Å². The predicted octanol–water partition coefficient (Wildman–Crippen LogP) is 5.20. The van der Waals surface area contributed by atoms with Gasteiger partial charge in [0.1, 0.15) is 0 Å². The van der Waals surface area contributed by atoms with Crippen LogP contribution in [0.5, 0.6) is 0 Å². The molecule has 2 aliphatic carbocycles. The van der Waals surface area contributed by atoms with Crippen LogP contribution in [0, 0.1) is 5.41 Å². The summed E-state index contributed by atoms with van der Waals surface area (Å²) in [4.78, 5) is 6.69. The first-order valence-electron chi connectivity index (χ1n) is 8.82. The van der Waals surface area contributed by atoms with Crippen molar-refractivity contribution in [3.05, 3.63) is 15.6 Å². The van der Waals surface area contributed by atoms with Gasteiger partial charge in [-0.05, 0) is 63.3 Å². The van der Waals surface area contributed by atoms with Crippen molar-refractivity contribution in [1.29, 1.82) is 0 Å². The lowest BCUT2D eigenvalue weighted by Gasteiger charge is -2.33. The van der Waals surface area contributed by atoms with Crippen molar-refractivity contribution in [2.45, 2.75) is 84.1 Å². The maximum atomic E-state index is 5.11. The van der Waals surface area contributed by atoms with Gasteiger partial charge in [-0.3, -0.25) is 0 Å². The Morgan fingerprint density at radius 1 is 1.24 bits per heavy atom. The molecule has 1 N–H and O–H groups in total. The fourth-order valence-electron chi connectivity index (χ4n) is 3.78. The highest BCUT2D eigenvalue weighted by atomic mass is 32.1. The average molecular weight is 307 g/mol. The minimum absolute atomic E-state index is 0.527. The van der Waals surface area contributed by atoms with Crippen LogP contribution in [0.4, 0.5) is 0 Å². The van der Waals surface area contributed by atoms with Crippen LogP contribution in [-0.4, -0.2) is 11.5 Å². The Kier molecular flexibility index (Phi) is 4.70. The molecule has 1 fully saturated rings. The average Bonchev–Trinajstić information content (AvgIpc) is 2.89. The molecule has 0 radical (unpaired) electrons. The Bertz CT molecular complexity index is 468. The van der Waals surface area contributed by atoms with E-state index in [1.807, 2.05) is 11.3 Å². The van der Waals surface area contributed by atoms with Gasteiger partial charge in [-0.2, -0.15) is 0 Å². The SMILES string of the molecule is CCCNC1CCCc2sc(C3CCC(C)(C)CC3)nc21. The second-order valence-electron chi connectivity index (χ2n) is 7.70. The maximum Gasteiger partial charge on any atom is 0.0962 e. The molecular formula is C18H30N2S. The Morgan fingerprint density at radius 3 is 2.71 bits per heavy atom. The van der Waals surface area contributed by atoms with Crippen LogP contribution in [0.3, 0.4) is 0 Å². The van der Waals surface area contributed by atoms with E-state index >= 15 is 0 Å². The normalized spacial score (nSPS) is 25.8. The van der Waals surface area contributed by atoms with Crippen LogP contribution >= 0.6 is 11.3 Å². The van der Waals surface area contributed by atoms with Gasteiger partial charge in [-0.15, -0.1) is 11.3 Å². The molecule has 2 aliphatic rings. The van der Waals surface area contributed by atoms with Gasteiger partial charge in [-0.1, -0.05) is 20.8 Å². The van der Waals surface area contributed by atoms with Gasteiger partial charge in [0.2, 0.25) is 0 Å². The van der Waals surface area contributed by atoms with Gasteiger partial charge < -0.3 is 5.32 Å². The summed E-state index contributed by atoms with van der Waals surface area (Å²) in [7, 11) is 0. The van der Waals surface area contributed by atoms with E-state index in [9.17, 15) is 0 Å². The second kappa shape index (κ2) is 6.37. The number of hydrogen-bond donors (Lipinski definition) is 1. The fraction of sp³-hybridized carbons (Fsp3) is 0.833. The summed E-state index contributed by atoms with van der Waals surface area (Å²) in [6, 6.07) is 0.527. The van der Waals surface area contributed by atoms with E-state index in [0.29, 0.717) is 11.5 Å². The summed E-state index contributed by atoms with van der Waals surface area (Å²) in [5, 5.41) is 5.15. The molecule has 0 saturated heterocycles. The number of thiazole rings is 1. The van der Waals surface area contributed by atoms with Crippen molar-refractivity contribution in [3.8, 4) is 0 Å². The minimum Gasteiger partial charge on any atom is -0.309 e. The molecule has 3 heteroatoms. The maximum absolute atomic E-state index is 5.11. The molecule has 2 nitrogen and oxygen atoms in total. The first-order valence-corrected chi connectivity index (χ1v) is 9.63. The smallest absolute Gasteiger partial charge is 0.0962 e. The molecule has 1 heterocycles. The Balaban J connectivity index is 1.72. The van der Waals surface area contributed by atoms with Crippen LogP contribution in [0.1, 0.15) is 93.3 Å². The van der Waals surface area contributed by atoms with E-state index in [1.165, 1.54) is 62.1 Å². The first-order chi connectivity index (χ1) is 10.1. The highest BCUT2D eigenvalue weighted by molar-refractivity contribution is 7.11. The lowest BCUT2D eigenvalue weighted by molar-refractivity contribution is 0.224. The van der Waals surface area contributed by atoms with Crippen molar-refractivity contribution < 1.29 is 0 Å². The van der Waals surface area contributed by atoms with E-state index in [4.69, 9.17) is 4.98 Å². The quantitative estimate of drug-likeness (QED) is 0.826. The molecule has 1 unspecified atom stereocenters. The molecular weight excluding hydrogens is 276 g/mol. The van der Waals surface area contributed by atoms with E-state index in [-0.39, 0.29) is 0 Å². The summed E-state index contributed by atoms with van der Waals surface area (Å²) in [5.41, 5.74) is 1.96. The number of hydrogen-bond acceptors (Lipinski definition) is 3. The number of aromatic nitrogens is 1. The van der Waals surface area contributed by atoms with Crippen molar-refractivity contribution >= 4 is 11.3 Å². The highest BCUT2D eigenvalue weighted by Gasteiger charge is 2.31. The van der Waals surface area contributed by atoms with Crippen LogP contribution in [-0.2, 0) is 6.42 Å². The minimum atomic E-state index is 0.527. The summed E-state index contributed by atoms with van der Waals surface area (Å²) in [6.07, 6.45) is 10.5. The molecule has 0 amide bonds. The number of nitrogens with one attached hydrogen (secondary N) is 1. The molecule has 3 rings (SSSR count). The van der Waals surface area contributed by atoms with Crippen LogP contribution in [0.25, 0.3) is 0 Å². The molecule has 1 atom stereocenters. The predicted molar refractivity (Wildman–Crippen MR) is 91.1 cm³/mol. The third kappa shape index (κ3) is 3.50. The van der Waals surface area contributed by atoms with Crippen molar-refractivity contribution in [2.75, 3.05) is 6.54 Å². The lowest BCUT2D eigenvalue weighted by Crippen LogP contribution is -2.25. The van der Waals surface area contributed by atoms with Gasteiger partial charge in [0, 0.05) is 10.8 Å². The van der Waals surface area contributed by atoms with Crippen molar-refractivity contribution in [1.82, 2.24) is 10.3 Å². The van der Waals surface area contributed by atoms with Crippen LogP contribution in [0.2, 0.25) is 0 Å². The summed E-state index contributed by atoms with van der Waals surface area (Å²) in [6.45, 7) is 8.20. The van der Waals surface area contributed by atoms with E-state index in [1.54, 1.807) is 4.88 Å². The third-order valence-corrected chi connectivity index (χ3v) is 6.59. The Morgan fingerprint density at radius 2 is 2.00 bits per heavy atom. The third-order valence-electron chi connectivity index (χ3n) is 5.30. The van der Waals surface area contributed by atoms with E-state index in [2.05, 4.69) is 26.1 Å². The zero-order valence-corrected chi connectivity index (χ0v) is 14.7. The summed E-state index contributed by atoms with van der Waals surface area (Å²) in [5.74, 6) is 0.737. The highest BCUT2D eigenvalue weighted by Crippen LogP contribution is 2.45. The standard InChI is InChI=1S/C18H30N2S/c1-4-12-19-14-6-5-7-15-16(14)20-17(21-15)13-8-10-18(2,3)11-9-13/h13-14,19H,4-12H2,1-3H3. The topological polar surface area (TPSA) is 24.9 Å². The molecule has 118 valence electrons. The first kappa shape index (κ1) is 15.5. The van der Waals surface area contributed by atoms with Crippen molar-refractivity contribution in [2.24, 2.45) is 5.41 Å². The summed E-state index contributed by atoms with van der Waals surface area (Å²) >= 11 is 2.03. The zero-order valence-electron chi connectivity index (χ0n) is 13.9. The van der Waals surface area contributed by atoms with Gasteiger partial charge in [0.15, 0.2) is 0 Å². The van der Waals surface area contributed by atoms with Gasteiger partial charge >= 0.3 is 0 Å². The molecule has 0 aliphatic heterocycles. The molecule has 0 spiro atoms. The van der Waals surface area contributed by atoms with Gasteiger partial charge in [0.05, 0.1) is 16.7 Å². The Labute approximate surface area is 133 Å². The fourth-order valence-corrected chi connectivity index (χ4v) is 5.11. The zero-order chi connectivity index (χ0) is 14.9. The van der Waals surface area contributed by atoms with E-state index in [0.717, 1.165) is 12.5 Å². The van der Waals surface area contributed by atoms with Crippen LogP contribution in [0.15, 0.2) is 0 Å². The Hall–Kier alpha value is -0.410.